The van der Waals surface area contributed by atoms with Gasteiger partial charge in [0.2, 0.25) is 0 Å². The number of rotatable bonds is 8. The highest BCUT2D eigenvalue weighted by molar-refractivity contribution is 5.89. The van der Waals surface area contributed by atoms with E-state index in [1.807, 2.05) is 0 Å². The normalized spacial score (nSPS) is 26.0. The van der Waals surface area contributed by atoms with E-state index in [9.17, 15) is 66.3 Å². The average Bonchev–Trinajstić information content (AvgIpc) is 3.28. The molecule has 0 aromatic rings. The van der Waals surface area contributed by atoms with Gasteiger partial charge in [0.25, 0.3) is 0 Å². The van der Waals surface area contributed by atoms with Crippen LogP contribution < -0.4 is 0 Å². The minimum atomic E-state index is -7.68. The van der Waals surface area contributed by atoms with Crippen LogP contribution in [0.2, 0.25) is 0 Å². The Labute approximate surface area is 188 Å². The van der Waals surface area contributed by atoms with Crippen LogP contribution in [0.1, 0.15) is 39.0 Å². The first kappa shape index (κ1) is 29.5. The second kappa shape index (κ2) is 8.38. The molecule has 2 saturated carbocycles. The maximum absolute atomic E-state index is 14.5. The van der Waals surface area contributed by atoms with Gasteiger partial charge < -0.3 is 4.74 Å². The van der Waals surface area contributed by atoms with E-state index in [0.717, 1.165) is 0 Å². The highest BCUT2D eigenvalue weighted by atomic mass is 19.4. The fourth-order valence-corrected chi connectivity index (χ4v) is 4.78. The molecule has 2 aliphatic carbocycles. The van der Waals surface area contributed by atoms with Crippen molar-refractivity contribution < 1.29 is 71.0 Å². The molecule has 4 unspecified atom stereocenters. The van der Waals surface area contributed by atoms with Crippen LogP contribution >= 0.6 is 0 Å². The van der Waals surface area contributed by atoms with Crippen LogP contribution in [0.5, 0.6) is 0 Å². The lowest BCUT2D eigenvalue weighted by Gasteiger charge is -2.44. The predicted molar refractivity (Wildman–Crippen MR) is 89.1 cm³/mol. The average molecular weight is 544 g/mol. The molecular formula is C19H18F14O2. The van der Waals surface area contributed by atoms with E-state index < -0.39 is 71.4 Å². The fraction of sp³-hybridized carbons (Fsp3) is 0.842. The molecule has 4 atom stereocenters. The highest BCUT2D eigenvalue weighted by Crippen LogP contribution is 2.61. The Hall–Kier alpha value is -1.77. The molecule has 16 heteroatoms. The summed E-state index contributed by atoms with van der Waals surface area (Å²) >= 11 is 0. The Morgan fingerprint density at radius 1 is 0.800 bits per heavy atom. The number of hydrogen-bond acceptors (Lipinski definition) is 2. The summed E-state index contributed by atoms with van der Waals surface area (Å²) in [5.41, 5.74) is -5.35. The minimum absolute atomic E-state index is 0.177. The molecule has 0 spiro atoms. The summed E-state index contributed by atoms with van der Waals surface area (Å²) in [5, 5.41) is 0. The second-order valence-corrected chi connectivity index (χ2v) is 9.06. The van der Waals surface area contributed by atoms with Crippen molar-refractivity contribution >= 4 is 5.97 Å². The molecule has 0 saturated heterocycles. The number of alkyl halides is 14. The van der Waals surface area contributed by atoms with Gasteiger partial charge in [0.05, 0.1) is 6.42 Å². The monoisotopic (exact) mass is 544 g/mol. The van der Waals surface area contributed by atoms with E-state index in [2.05, 4.69) is 11.3 Å². The summed E-state index contributed by atoms with van der Waals surface area (Å²) in [6, 6.07) is 0. The molecule has 2 rings (SSSR count). The lowest BCUT2D eigenvalue weighted by Crippen LogP contribution is -2.67. The summed E-state index contributed by atoms with van der Waals surface area (Å²) < 4.78 is 190. The van der Waals surface area contributed by atoms with Crippen molar-refractivity contribution in [3.63, 3.8) is 0 Å². The lowest BCUT2D eigenvalue weighted by atomic mass is 9.73. The fourth-order valence-electron chi connectivity index (χ4n) is 4.78. The van der Waals surface area contributed by atoms with Gasteiger partial charge in [0.15, 0.2) is 0 Å². The topological polar surface area (TPSA) is 26.3 Å². The van der Waals surface area contributed by atoms with E-state index >= 15 is 0 Å². The third kappa shape index (κ3) is 4.81. The molecule has 0 amide bonds. The summed E-state index contributed by atoms with van der Waals surface area (Å²) in [5.74, 6) is -33.8. The number of halogens is 14. The van der Waals surface area contributed by atoms with Crippen molar-refractivity contribution in [1.29, 1.82) is 0 Å². The largest absolute Gasteiger partial charge is 0.460 e. The van der Waals surface area contributed by atoms with Crippen molar-refractivity contribution in [3.05, 3.63) is 12.2 Å². The maximum atomic E-state index is 14.5. The number of ether oxygens (including phenoxy) is 1. The quantitative estimate of drug-likeness (QED) is 0.182. The van der Waals surface area contributed by atoms with Crippen molar-refractivity contribution in [2.24, 2.45) is 17.8 Å². The van der Waals surface area contributed by atoms with Gasteiger partial charge in [-0.25, -0.2) is 4.79 Å². The Morgan fingerprint density at radius 3 is 1.69 bits per heavy atom. The van der Waals surface area contributed by atoms with E-state index in [1.54, 1.807) is 0 Å². The molecule has 2 bridgehead atoms. The van der Waals surface area contributed by atoms with E-state index in [4.69, 9.17) is 0 Å². The van der Waals surface area contributed by atoms with Crippen LogP contribution in [0, 0.1) is 17.8 Å². The third-order valence-electron chi connectivity index (χ3n) is 6.61. The number of carbonyl (C=O) groups is 1. The van der Waals surface area contributed by atoms with Crippen molar-refractivity contribution in [3.8, 4) is 0 Å². The van der Waals surface area contributed by atoms with Crippen LogP contribution in [0.3, 0.4) is 0 Å². The molecule has 2 fully saturated rings. The molecule has 204 valence electrons. The van der Waals surface area contributed by atoms with Gasteiger partial charge in [0, 0.05) is 5.92 Å². The summed E-state index contributed by atoms with van der Waals surface area (Å²) in [6.07, 6.45) is -14.8. The summed E-state index contributed by atoms with van der Waals surface area (Å²) in [4.78, 5) is 11.9. The predicted octanol–water partition coefficient (Wildman–Crippen LogP) is 7.34. The van der Waals surface area contributed by atoms with E-state index in [0.29, 0.717) is 13.3 Å². The third-order valence-corrected chi connectivity index (χ3v) is 6.61. The van der Waals surface area contributed by atoms with Crippen LogP contribution in [-0.4, -0.2) is 47.6 Å². The molecule has 0 aliphatic heterocycles. The van der Waals surface area contributed by atoms with Crippen molar-refractivity contribution in [2.45, 2.75) is 80.7 Å². The Kier molecular flexibility index (Phi) is 7.06. The Morgan fingerprint density at radius 2 is 1.31 bits per heavy atom. The Bertz CT molecular complexity index is 843. The smallest absolute Gasteiger partial charge is 0.455 e. The molecule has 0 aromatic heterocycles. The van der Waals surface area contributed by atoms with Gasteiger partial charge in [0.1, 0.15) is 11.2 Å². The molecule has 0 aromatic carbocycles. The van der Waals surface area contributed by atoms with Crippen molar-refractivity contribution in [2.75, 3.05) is 0 Å². The lowest BCUT2D eigenvalue weighted by molar-refractivity contribution is -0.424. The molecule has 35 heavy (non-hydrogen) atoms. The molecule has 0 N–H and O–H groups in total. The van der Waals surface area contributed by atoms with Gasteiger partial charge in [-0.2, -0.15) is 61.5 Å². The molecule has 0 heterocycles. The molecule has 2 aliphatic rings. The summed E-state index contributed by atoms with van der Waals surface area (Å²) in [6.45, 7) is 2.77. The summed E-state index contributed by atoms with van der Waals surface area (Å²) in [7, 11) is 0. The van der Waals surface area contributed by atoms with Gasteiger partial charge in [-0.1, -0.05) is 13.0 Å². The zero-order valence-corrected chi connectivity index (χ0v) is 17.6. The standard InChI is InChI=1S/C19H18F14O2/c1-8(15(22,23)24)12(34)35-13(2,11-6-9-3-4-10(11)5-9)7-14(20,21)16(25,26)17(27,28)18(29,30)19(31,32)33/h9-11H,1,3-7H2,2H3. The van der Waals surface area contributed by atoms with Crippen LogP contribution in [0.4, 0.5) is 61.5 Å². The van der Waals surface area contributed by atoms with Gasteiger partial charge in [-0.3, -0.25) is 0 Å². The molecule has 0 radical (unpaired) electrons. The Balaban J connectivity index is 2.49. The molecule has 2 nitrogen and oxygen atoms in total. The van der Waals surface area contributed by atoms with Gasteiger partial charge >= 0.3 is 42.0 Å². The second-order valence-electron chi connectivity index (χ2n) is 9.06. The number of carbonyl (C=O) groups excluding carboxylic acids is 1. The van der Waals surface area contributed by atoms with E-state index in [-0.39, 0.29) is 25.2 Å². The maximum Gasteiger partial charge on any atom is 0.460 e. The zero-order chi connectivity index (χ0) is 27.6. The van der Waals surface area contributed by atoms with Crippen LogP contribution in [0.15, 0.2) is 12.2 Å². The molecular weight excluding hydrogens is 526 g/mol. The van der Waals surface area contributed by atoms with Gasteiger partial charge in [-0.15, -0.1) is 0 Å². The first-order valence-corrected chi connectivity index (χ1v) is 9.89. The zero-order valence-electron chi connectivity index (χ0n) is 17.6. The minimum Gasteiger partial charge on any atom is -0.455 e. The van der Waals surface area contributed by atoms with Crippen molar-refractivity contribution in [1.82, 2.24) is 0 Å². The first-order valence-electron chi connectivity index (χ1n) is 9.89. The SMILES string of the molecule is C=C(C(=O)OC(C)(CC(F)(F)C(F)(F)C(F)(F)C(F)(F)C(F)(F)F)C1CC2CCC1C2)C(F)(F)F. The number of esters is 1. The van der Waals surface area contributed by atoms with Gasteiger partial charge in [-0.05, 0) is 38.0 Å². The van der Waals surface area contributed by atoms with Crippen LogP contribution in [-0.2, 0) is 9.53 Å². The van der Waals surface area contributed by atoms with E-state index in [1.165, 1.54) is 0 Å². The number of fused-ring (bicyclic) bond motifs is 2. The number of hydrogen-bond donors (Lipinski definition) is 0. The van der Waals surface area contributed by atoms with Crippen LogP contribution in [0.25, 0.3) is 0 Å². The first-order chi connectivity index (χ1) is 15.3. The highest BCUT2D eigenvalue weighted by Gasteiger charge is 2.87.